The molecule has 0 fully saturated rings. The summed E-state index contributed by atoms with van der Waals surface area (Å²) in [6.07, 6.45) is 2.77. The van der Waals surface area contributed by atoms with E-state index < -0.39 is 31.3 Å². The lowest BCUT2D eigenvalue weighted by molar-refractivity contribution is -0.120. The molecule has 0 spiro atoms. The highest BCUT2D eigenvalue weighted by atomic mass is 16.3. The Hall–Kier alpha value is -0.910. The lowest BCUT2D eigenvalue weighted by atomic mass is 10.0. The van der Waals surface area contributed by atoms with Gasteiger partial charge in [-0.3, -0.25) is 4.79 Å². The van der Waals surface area contributed by atoms with E-state index in [1.165, 1.54) is 12.2 Å². The number of allylic oxidation sites excluding steroid dienone is 1. The number of hydrogen-bond acceptors (Lipinski definition) is 4. The van der Waals surface area contributed by atoms with Gasteiger partial charge < -0.3 is 20.6 Å². The molecule has 0 saturated heterocycles. The zero-order chi connectivity index (χ0) is 10.3. The van der Waals surface area contributed by atoms with Crippen LogP contribution in [-0.4, -0.2) is 46.6 Å². The summed E-state index contributed by atoms with van der Waals surface area (Å²) in [6.45, 7) is 0.133. The highest BCUT2D eigenvalue weighted by Crippen LogP contribution is 2.01. The predicted molar refractivity (Wildman–Crippen MR) is 46.9 cm³/mol. The highest BCUT2D eigenvalue weighted by molar-refractivity contribution is 5.88. The van der Waals surface area contributed by atoms with Crippen LogP contribution in [0.25, 0.3) is 0 Å². The van der Waals surface area contributed by atoms with Crippen molar-refractivity contribution in [3.8, 4) is 0 Å². The number of nitrogens with one attached hydrogen (secondary N) is 1. The first kappa shape index (κ1) is 12.1. The molecule has 1 amide bonds. The minimum Gasteiger partial charge on any atom is -0.394 e. The van der Waals surface area contributed by atoms with Crippen LogP contribution < -0.4 is 5.32 Å². The Balaban J connectivity index is 4.32. The van der Waals surface area contributed by atoms with E-state index in [-0.39, 0.29) is 0 Å². The Kier molecular flexibility index (Phi) is 5.29. The van der Waals surface area contributed by atoms with Crippen molar-refractivity contribution in [3.05, 3.63) is 12.2 Å². The van der Waals surface area contributed by atoms with Crippen molar-refractivity contribution in [2.45, 2.75) is 12.5 Å². The van der Waals surface area contributed by atoms with Crippen molar-refractivity contribution in [2.75, 3.05) is 19.8 Å². The van der Waals surface area contributed by atoms with Crippen molar-refractivity contribution in [1.29, 1.82) is 0 Å². The third-order valence-electron chi connectivity index (χ3n) is 1.61. The van der Waals surface area contributed by atoms with Gasteiger partial charge in [0, 0.05) is 0 Å². The first-order chi connectivity index (χ1) is 6.14. The van der Waals surface area contributed by atoms with Crippen molar-refractivity contribution < 1.29 is 20.1 Å². The fourth-order valence-electron chi connectivity index (χ4n) is 0.723. The van der Waals surface area contributed by atoms with Gasteiger partial charge in [-0.1, -0.05) is 6.08 Å². The third kappa shape index (κ3) is 3.54. The van der Waals surface area contributed by atoms with Crippen LogP contribution in [0.4, 0.5) is 0 Å². The Bertz CT molecular complexity index is 178. The van der Waals surface area contributed by atoms with Crippen LogP contribution in [-0.2, 0) is 4.79 Å². The van der Waals surface area contributed by atoms with Crippen molar-refractivity contribution in [2.24, 2.45) is 0 Å². The molecule has 0 radical (unpaired) electrons. The molecule has 5 nitrogen and oxygen atoms in total. The Morgan fingerprint density at radius 2 is 1.77 bits per heavy atom. The second-order valence-corrected chi connectivity index (χ2v) is 2.74. The van der Waals surface area contributed by atoms with Gasteiger partial charge >= 0.3 is 0 Å². The largest absolute Gasteiger partial charge is 0.394 e. The Labute approximate surface area is 76.7 Å². The maximum atomic E-state index is 11.0. The Morgan fingerprint density at radius 1 is 1.31 bits per heavy atom. The minimum atomic E-state index is -1.34. The maximum absolute atomic E-state index is 11.0. The highest BCUT2D eigenvalue weighted by Gasteiger charge is 2.28. The van der Waals surface area contributed by atoms with E-state index in [0.29, 0.717) is 0 Å². The Morgan fingerprint density at radius 3 is 2.08 bits per heavy atom. The van der Waals surface area contributed by atoms with Crippen molar-refractivity contribution in [1.82, 2.24) is 5.32 Å². The summed E-state index contributed by atoms with van der Waals surface area (Å²) in [5.41, 5.74) is -1.34. The number of amides is 1. The molecule has 0 unspecified atom stereocenters. The van der Waals surface area contributed by atoms with E-state index in [1.807, 2.05) is 0 Å². The standard InChI is InChI=1S/C8H15NO4/c1-2-3-7(13)9-8(4-10,5-11)6-12/h2-3,10-12H,4-6H2,1H3,(H,9,13)/b3-2+. The molecular formula is C8H15NO4. The molecule has 0 aliphatic rings. The molecule has 0 rings (SSSR count). The normalized spacial score (nSPS) is 12.0. The SMILES string of the molecule is C/C=C/C(=O)NC(CO)(CO)CO. The first-order valence-electron chi connectivity index (χ1n) is 3.91. The summed E-state index contributed by atoms with van der Waals surface area (Å²) in [6, 6.07) is 0. The molecule has 0 atom stereocenters. The molecule has 5 heteroatoms. The third-order valence-corrected chi connectivity index (χ3v) is 1.61. The van der Waals surface area contributed by atoms with E-state index in [2.05, 4.69) is 5.32 Å². The number of aliphatic hydroxyl groups is 3. The molecule has 0 aliphatic heterocycles. The van der Waals surface area contributed by atoms with Gasteiger partial charge in [-0.15, -0.1) is 0 Å². The van der Waals surface area contributed by atoms with Crippen LogP contribution >= 0.6 is 0 Å². The smallest absolute Gasteiger partial charge is 0.244 e. The molecule has 0 bridgehead atoms. The second kappa shape index (κ2) is 5.69. The topological polar surface area (TPSA) is 89.8 Å². The van der Waals surface area contributed by atoms with Crippen LogP contribution in [0.3, 0.4) is 0 Å². The van der Waals surface area contributed by atoms with Gasteiger partial charge in [0.1, 0.15) is 5.54 Å². The van der Waals surface area contributed by atoms with Crippen LogP contribution in [0.2, 0.25) is 0 Å². The number of carbonyl (C=O) groups is 1. The molecule has 0 aliphatic carbocycles. The van der Waals surface area contributed by atoms with Gasteiger partial charge in [0.05, 0.1) is 19.8 Å². The van der Waals surface area contributed by atoms with Gasteiger partial charge in [0.25, 0.3) is 0 Å². The number of hydrogen-bond donors (Lipinski definition) is 4. The van der Waals surface area contributed by atoms with Gasteiger partial charge in [-0.05, 0) is 13.0 Å². The molecule has 0 saturated carbocycles. The van der Waals surface area contributed by atoms with E-state index in [9.17, 15) is 4.79 Å². The number of aliphatic hydroxyl groups excluding tert-OH is 3. The van der Waals surface area contributed by atoms with Crippen LogP contribution in [0.5, 0.6) is 0 Å². The van der Waals surface area contributed by atoms with Crippen molar-refractivity contribution in [3.63, 3.8) is 0 Å². The first-order valence-corrected chi connectivity index (χ1v) is 3.91. The average Bonchev–Trinajstić information content (AvgIpc) is 2.15. The summed E-state index contributed by atoms with van der Waals surface area (Å²) in [5, 5.41) is 28.8. The van der Waals surface area contributed by atoms with E-state index in [1.54, 1.807) is 6.92 Å². The van der Waals surface area contributed by atoms with E-state index >= 15 is 0 Å². The summed E-state index contributed by atoms with van der Waals surface area (Å²) < 4.78 is 0. The summed E-state index contributed by atoms with van der Waals surface area (Å²) in [4.78, 5) is 11.0. The molecule has 0 aromatic carbocycles. The lowest BCUT2D eigenvalue weighted by Crippen LogP contribution is -2.56. The molecule has 76 valence electrons. The van der Waals surface area contributed by atoms with Crippen LogP contribution in [0.1, 0.15) is 6.92 Å². The molecular weight excluding hydrogens is 174 g/mol. The van der Waals surface area contributed by atoms with Crippen molar-refractivity contribution >= 4 is 5.91 Å². The molecule has 0 aromatic rings. The summed E-state index contributed by atoms with van der Waals surface area (Å²) in [5.74, 6) is -0.459. The summed E-state index contributed by atoms with van der Waals surface area (Å²) >= 11 is 0. The number of carbonyl (C=O) groups excluding carboxylic acids is 1. The van der Waals surface area contributed by atoms with Gasteiger partial charge in [0.15, 0.2) is 0 Å². The van der Waals surface area contributed by atoms with Gasteiger partial charge in [-0.2, -0.15) is 0 Å². The zero-order valence-electron chi connectivity index (χ0n) is 7.53. The van der Waals surface area contributed by atoms with Gasteiger partial charge in [0.2, 0.25) is 5.91 Å². The van der Waals surface area contributed by atoms with Gasteiger partial charge in [-0.25, -0.2) is 0 Å². The lowest BCUT2D eigenvalue weighted by Gasteiger charge is -2.27. The van der Waals surface area contributed by atoms with Crippen LogP contribution in [0.15, 0.2) is 12.2 Å². The van der Waals surface area contributed by atoms with E-state index in [0.717, 1.165) is 0 Å². The molecule has 0 heterocycles. The summed E-state index contributed by atoms with van der Waals surface area (Å²) in [7, 11) is 0. The second-order valence-electron chi connectivity index (χ2n) is 2.74. The average molecular weight is 189 g/mol. The monoisotopic (exact) mass is 189 g/mol. The van der Waals surface area contributed by atoms with E-state index in [4.69, 9.17) is 15.3 Å². The quantitative estimate of drug-likeness (QED) is 0.392. The molecule has 13 heavy (non-hydrogen) atoms. The molecule has 4 N–H and O–H groups in total. The van der Waals surface area contributed by atoms with Crippen LogP contribution in [0, 0.1) is 0 Å². The minimum absolute atomic E-state index is 0.459. The zero-order valence-corrected chi connectivity index (χ0v) is 7.53. The molecule has 0 aromatic heterocycles. The maximum Gasteiger partial charge on any atom is 0.244 e. The number of rotatable bonds is 5. The predicted octanol–water partition coefficient (Wildman–Crippen LogP) is -1.61. The fraction of sp³-hybridized carbons (Fsp3) is 0.625. The fourth-order valence-corrected chi connectivity index (χ4v) is 0.723.